The van der Waals surface area contributed by atoms with Crippen molar-refractivity contribution in [1.82, 2.24) is 15.5 Å². The first-order valence-corrected chi connectivity index (χ1v) is 10.4. The number of nitro benzene ring substituents is 1. The second-order valence-corrected chi connectivity index (χ2v) is 7.27. The molecule has 32 heavy (non-hydrogen) atoms. The number of rotatable bonds is 9. The second kappa shape index (κ2) is 13.8. The van der Waals surface area contributed by atoms with Crippen LogP contribution in [0.4, 0.5) is 5.69 Å². The third kappa shape index (κ3) is 8.21. The molecule has 0 aromatic heterocycles. The van der Waals surface area contributed by atoms with E-state index >= 15 is 0 Å². The first-order chi connectivity index (χ1) is 15.2. The fourth-order valence-electron chi connectivity index (χ4n) is 3.30. The lowest BCUT2D eigenvalue weighted by Crippen LogP contribution is -2.38. The molecule has 2 N–H and O–H groups in total. The SMILES string of the molecule is C=CCNC(=NCc1ccc([N+](=O)[O-])cc1)NCc1ccccc1CN1CCOCC1.I. The minimum Gasteiger partial charge on any atom is -0.379 e. The quantitative estimate of drug-likeness (QED) is 0.124. The van der Waals surface area contributed by atoms with Crippen molar-refractivity contribution < 1.29 is 9.66 Å². The third-order valence-corrected chi connectivity index (χ3v) is 5.04. The molecule has 0 bridgehead atoms. The van der Waals surface area contributed by atoms with E-state index in [1.165, 1.54) is 23.3 Å². The molecule has 0 atom stereocenters. The fourth-order valence-corrected chi connectivity index (χ4v) is 3.30. The largest absolute Gasteiger partial charge is 0.379 e. The monoisotopic (exact) mass is 551 g/mol. The van der Waals surface area contributed by atoms with Gasteiger partial charge in [0, 0.05) is 44.9 Å². The van der Waals surface area contributed by atoms with Crippen LogP contribution in [0.15, 0.2) is 66.2 Å². The molecule has 1 heterocycles. The lowest BCUT2D eigenvalue weighted by atomic mass is 10.1. The summed E-state index contributed by atoms with van der Waals surface area (Å²) in [5.74, 6) is 0.666. The molecule has 8 nitrogen and oxygen atoms in total. The highest BCUT2D eigenvalue weighted by atomic mass is 127. The zero-order chi connectivity index (χ0) is 21.9. The minimum atomic E-state index is -0.403. The Balaban J connectivity index is 0.00000363. The van der Waals surface area contributed by atoms with Gasteiger partial charge in [-0.3, -0.25) is 15.0 Å². The van der Waals surface area contributed by atoms with E-state index in [1.807, 2.05) is 6.07 Å². The predicted octanol–water partition coefficient (Wildman–Crippen LogP) is 3.47. The number of morpholine rings is 1. The first-order valence-electron chi connectivity index (χ1n) is 10.4. The lowest BCUT2D eigenvalue weighted by molar-refractivity contribution is -0.384. The molecule has 0 radical (unpaired) electrons. The molecule has 0 amide bonds. The van der Waals surface area contributed by atoms with Crippen molar-refractivity contribution in [2.24, 2.45) is 4.99 Å². The normalized spacial score (nSPS) is 14.3. The summed E-state index contributed by atoms with van der Waals surface area (Å²) in [7, 11) is 0. The molecule has 2 aromatic carbocycles. The highest BCUT2D eigenvalue weighted by Crippen LogP contribution is 2.14. The molecule has 0 saturated carbocycles. The van der Waals surface area contributed by atoms with E-state index < -0.39 is 4.92 Å². The summed E-state index contributed by atoms with van der Waals surface area (Å²) < 4.78 is 5.45. The van der Waals surface area contributed by atoms with Crippen LogP contribution < -0.4 is 10.6 Å². The molecule has 1 aliphatic rings. The average molecular weight is 551 g/mol. The molecule has 1 saturated heterocycles. The van der Waals surface area contributed by atoms with E-state index in [4.69, 9.17) is 4.74 Å². The summed E-state index contributed by atoms with van der Waals surface area (Å²) in [5.41, 5.74) is 3.48. The molecule has 1 fully saturated rings. The van der Waals surface area contributed by atoms with Crippen LogP contribution in [0.1, 0.15) is 16.7 Å². The summed E-state index contributed by atoms with van der Waals surface area (Å²) in [6, 6.07) is 14.9. The van der Waals surface area contributed by atoms with Gasteiger partial charge in [0.15, 0.2) is 5.96 Å². The number of guanidine groups is 1. The Labute approximate surface area is 205 Å². The van der Waals surface area contributed by atoms with Crippen molar-refractivity contribution in [2.45, 2.75) is 19.6 Å². The molecule has 0 unspecified atom stereocenters. The third-order valence-electron chi connectivity index (χ3n) is 5.04. The molecule has 172 valence electrons. The molecule has 2 aromatic rings. The molecular formula is C23H30IN5O3. The van der Waals surface area contributed by atoms with Crippen molar-refractivity contribution in [3.63, 3.8) is 0 Å². The van der Waals surface area contributed by atoms with Crippen LogP contribution in [-0.2, 0) is 24.4 Å². The van der Waals surface area contributed by atoms with Gasteiger partial charge in [-0.2, -0.15) is 0 Å². The van der Waals surface area contributed by atoms with Gasteiger partial charge in [-0.1, -0.05) is 42.5 Å². The van der Waals surface area contributed by atoms with Crippen LogP contribution in [0.2, 0.25) is 0 Å². The van der Waals surface area contributed by atoms with Crippen LogP contribution in [-0.4, -0.2) is 48.6 Å². The summed E-state index contributed by atoms with van der Waals surface area (Å²) in [5, 5.41) is 17.4. The molecule has 3 rings (SSSR count). The average Bonchev–Trinajstić information content (AvgIpc) is 2.80. The highest BCUT2D eigenvalue weighted by molar-refractivity contribution is 14.0. The Hall–Kier alpha value is -2.50. The number of nitro groups is 1. The van der Waals surface area contributed by atoms with Gasteiger partial charge in [0.25, 0.3) is 5.69 Å². The van der Waals surface area contributed by atoms with E-state index in [-0.39, 0.29) is 29.7 Å². The number of non-ortho nitro benzene ring substituents is 1. The van der Waals surface area contributed by atoms with Gasteiger partial charge < -0.3 is 15.4 Å². The van der Waals surface area contributed by atoms with E-state index in [9.17, 15) is 10.1 Å². The second-order valence-electron chi connectivity index (χ2n) is 7.27. The topological polar surface area (TPSA) is 92.0 Å². The maximum absolute atomic E-state index is 10.8. The fraction of sp³-hybridized carbons (Fsp3) is 0.348. The Morgan fingerprint density at radius 1 is 1.12 bits per heavy atom. The van der Waals surface area contributed by atoms with Crippen molar-refractivity contribution in [3.05, 3.63) is 88.0 Å². The number of aliphatic imine (C=N–C) groups is 1. The lowest BCUT2D eigenvalue weighted by Gasteiger charge is -2.27. The van der Waals surface area contributed by atoms with Crippen LogP contribution in [0.25, 0.3) is 0 Å². The van der Waals surface area contributed by atoms with Gasteiger partial charge in [0.2, 0.25) is 0 Å². The number of nitrogens with one attached hydrogen (secondary N) is 2. The first kappa shape index (κ1) is 25.8. The van der Waals surface area contributed by atoms with Crippen LogP contribution >= 0.6 is 24.0 Å². The van der Waals surface area contributed by atoms with Gasteiger partial charge in [0.1, 0.15) is 0 Å². The van der Waals surface area contributed by atoms with E-state index in [1.54, 1.807) is 18.2 Å². The van der Waals surface area contributed by atoms with Crippen LogP contribution in [0.5, 0.6) is 0 Å². The molecule has 0 spiro atoms. The highest BCUT2D eigenvalue weighted by Gasteiger charge is 2.13. The maximum Gasteiger partial charge on any atom is 0.269 e. The van der Waals surface area contributed by atoms with Crippen molar-refractivity contribution in [3.8, 4) is 0 Å². The Morgan fingerprint density at radius 3 is 2.47 bits per heavy atom. The number of hydrogen-bond donors (Lipinski definition) is 2. The number of ether oxygens (including phenoxy) is 1. The van der Waals surface area contributed by atoms with E-state index in [2.05, 4.69) is 45.3 Å². The van der Waals surface area contributed by atoms with Gasteiger partial charge in [-0.05, 0) is 16.7 Å². The maximum atomic E-state index is 10.8. The van der Waals surface area contributed by atoms with Crippen LogP contribution in [0, 0.1) is 10.1 Å². The standard InChI is InChI=1S/C23H29N5O3.HI/c1-2-11-24-23(25-16-19-7-9-22(10-8-19)28(29)30)26-17-20-5-3-4-6-21(20)18-27-12-14-31-15-13-27;/h2-10H,1,11-18H2,(H2,24,25,26);1H. The zero-order valence-electron chi connectivity index (χ0n) is 18.0. The summed E-state index contributed by atoms with van der Waals surface area (Å²) >= 11 is 0. The zero-order valence-corrected chi connectivity index (χ0v) is 20.4. The van der Waals surface area contributed by atoms with Crippen molar-refractivity contribution in [1.29, 1.82) is 0 Å². The van der Waals surface area contributed by atoms with Gasteiger partial charge in [0.05, 0.1) is 24.7 Å². The molecule has 1 aliphatic heterocycles. The van der Waals surface area contributed by atoms with Gasteiger partial charge >= 0.3 is 0 Å². The Morgan fingerprint density at radius 2 is 1.81 bits per heavy atom. The molecule has 9 heteroatoms. The summed E-state index contributed by atoms with van der Waals surface area (Å²) in [6.45, 7) is 9.76. The molecule has 0 aliphatic carbocycles. The Bertz CT molecular complexity index is 899. The number of benzene rings is 2. The number of hydrogen-bond acceptors (Lipinski definition) is 5. The van der Waals surface area contributed by atoms with Crippen molar-refractivity contribution in [2.75, 3.05) is 32.8 Å². The van der Waals surface area contributed by atoms with Gasteiger partial charge in [-0.15, -0.1) is 30.6 Å². The smallest absolute Gasteiger partial charge is 0.269 e. The van der Waals surface area contributed by atoms with E-state index in [0.717, 1.165) is 38.4 Å². The number of nitrogens with zero attached hydrogens (tertiary/aromatic N) is 3. The predicted molar refractivity (Wildman–Crippen MR) is 137 cm³/mol. The number of halogens is 1. The van der Waals surface area contributed by atoms with Crippen molar-refractivity contribution >= 4 is 35.6 Å². The van der Waals surface area contributed by atoms with Crippen LogP contribution in [0.3, 0.4) is 0 Å². The van der Waals surface area contributed by atoms with Gasteiger partial charge in [-0.25, -0.2) is 4.99 Å². The summed E-state index contributed by atoms with van der Waals surface area (Å²) in [6.07, 6.45) is 1.77. The molecular weight excluding hydrogens is 521 g/mol. The minimum absolute atomic E-state index is 0. The Kier molecular flexibility index (Phi) is 11.1. The summed E-state index contributed by atoms with van der Waals surface area (Å²) in [4.78, 5) is 17.4. The van der Waals surface area contributed by atoms with E-state index in [0.29, 0.717) is 25.6 Å².